The Balaban J connectivity index is 2.57. The van der Waals surface area contributed by atoms with Crippen molar-refractivity contribution in [2.75, 3.05) is 20.1 Å². The van der Waals surface area contributed by atoms with Crippen molar-refractivity contribution >= 4 is 0 Å². The van der Waals surface area contributed by atoms with Gasteiger partial charge in [0, 0.05) is 12.1 Å². The molecule has 0 aromatic heterocycles. The molecule has 0 aromatic carbocycles. The molecule has 0 spiro atoms. The van der Waals surface area contributed by atoms with E-state index in [-0.39, 0.29) is 5.54 Å². The molecule has 0 bridgehead atoms. The summed E-state index contributed by atoms with van der Waals surface area (Å²) >= 11 is 0. The summed E-state index contributed by atoms with van der Waals surface area (Å²) < 4.78 is 0. The minimum absolute atomic E-state index is 0.282. The minimum atomic E-state index is 0.282. The van der Waals surface area contributed by atoms with Crippen molar-refractivity contribution < 1.29 is 0 Å². The van der Waals surface area contributed by atoms with Gasteiger partial charge >= 0.3 is 0 Å². The second kappa shape index (κ2) is 5.71. The Morgan fingerprint density at radius 1 is 1.12 bits per heavy atom. The summed E-state index contributed by atoms with van der Waals surface area (Å²) in [6, 6.07) is 0. The molecule has 0 heterocycles. The highest BCUT2D eigenvalue weighted by Gasteiger charge is 2.39. The van der Waals surface area contributed by atoms with Crippen LogP contribution < -0.4 is 5.73 Å². The van der Waals surface area contributed by atoms with Gasteiger partial charge in [-0.2, -0.15) is 0 Å². The van der Waals surface area contributed by atoms with E-state index in [9.17, 15) is 0 Å². The standard InChI is InChI=1S/C15H32N2/c1-13(2)6-11-17(5)15(12-16)9-7-14(3,4)8-10-15/h13H,6-12,16H2,1-5H3. The van der Waals surface area contributed by atoms with Gasteiger partial charge in [0.15, 0.2) is 0 Å². The maximum atomic E-state index is 6.09. The molecular weight excluding hydrogens is 208 g/mol. The lowest BCUT2D eigenvalue weighted by Gasteiger charge is -2.48. The number of nitrogens with zero attached hydrogens (tertiary/aromatic N) is 1. The van der Waals surface area contributed by atoms with Crippen LogP contribution in [0.2, 0.25) is 0 Å². The molecule has 0 atom stereocenters. The van der Waals surface area contributed by atoms with Crippen molar-refractivity contribution in [3.8, 4) is 0 Å². The average molecular weight is 240 g/mol. The van der Waals surface area contributed by atoms with E-state index in [0.29, 0.717) is 5.41 Å². The third-order valence-electron chi connectivity index (χ3n) is 4.77. The molecule has 2 heteroatoms. The molecule has 0 saturated heterocycles. The summed E-state index contributed by atoms with van der Waals surface area (Å²) in [5.74, 6) is 0.785. The van der Waals surface area contributed by atoms with Gasteiger partial charge in [-0.15, -0.1) is 0 Å². The number of rotatable bonds is 5. The number of hydrogen-bond donors (Lipinski definition) is 1. The zero-order valence-electron chi connectivity index (χ0n) is 12.6. The molecule has 102 valence electrons. The molecule has 0 amide bonds. The maximum absolute atomic E-state index is 6.09. The number of nitrogens with two attached hydrogens (primary N) is 1. The molecule has 0 aromatic rings. The molecule has 17 heavy (non-hydrogen) atoms. The van der Waals surface area contributed by atoms with Crippen molar-refractivity contribution in [2.24, 2.45) is 17.1 Å². The quantitative estimate of drug-likeness (QED) is 0.799. The smallest absolute Gasteiger partial charge is 0.0329 e. The highest BCUT2D eigenvalue weighted by atomic mass is 15.2. The van der Waals surface area contributed by atoms with E-state index in [2.05, 4.69) is 39.6 Å². The fourth-order valence-electron chi connectivity index (χ4n) is 2.82. The first kappa shape index (κ1) is 15.0. The molecule has 1 aliphatic carbocycles. The van der Waals surface area contributed by atoms with Crippen molar-refractivity contribution in [3.63, 3.8) is 0 Å². The van der Waals surface area contributed by atoms with E-state index in [1.165, 1.54) is 38.6 Å². The van der Waals surface area contributed by atoms with Gasteiger partial charge in [-0.3, -0.25) is 4.90 Å². The Morgan fingerprint density at radius 3 is 2.06 bits per heavy atom. The van der Waals surface area contributed by atoms with Gasteiger partial charge in [0.05, 0.1) is 0 Å². The Bertz CT molecular complexity index is 223. The van der Waals surface area contributed by atoms with E-state index in [1.807, 2.05) is 0 Å². The Labute approximate surface area is 108 Å². The van der Waals surface area contributed by atoms with Crippen LogP contribution in [0.25, 0.3) is 0 Å². The van der Waals surface area contributed by atoms with Gasteiger partial charge in [-0.25, -0.2) is 0 Å². The molecule has 2 N–H and O–H groups in total. The van der Waals surface area contributed by atoms with Crippen molar-refractivity contribution in [1.29, 1.82) is 0 Å². The first-order chi connectivity index (χ1) is 7.81. The molecule has 0 radical (unpaired) electrons. The van der Waals surface area contributed by atoms with E-state index >= 15 is 0 Å². The molecular formula is C15H32N2. The molecule has 1 saturated carbocycles. The molecule has 0 unspecified atom stereocenters. The van der Waals surface area contributed by atoms with Crippen LogP contribution in [0.1, 0.15) is 59.8 Å². The molecule has 2 nitrogen and oxygen atoms in total. The third-order valence-corrected chi connectivity index (χ3v) is 4.77. The fraction of sp³-hybridized carbons (Fsp3) is 1.00. The Hall–Kier alpha value is -0.0800. The molecule has 1 rings (SSSR count). The first-order valence-corrected chi connectivity index (χ1v) is 7.23. The lowest BCUT2D eigenvalue weighted by atomic mass is 9.68. The summed E-state index contributed by atoms with van der Waals surface area (Å²) in [5.41, 5.74) is 6.90. The number of likely N-dealkylation sites (N-methyl/N-ethyl adjacent to an activating group) is 1. The summed E-state index contributed by atoms with van der Waals surface area (Å²) in [4.78, 5) is 2.54. The lowest BCUT2D eigenvalue weighted by molar-refractivity contribution is 0.0389. The maximum Gasteiger partial charge on any atom is 0.0329 e. The van der Waals surface area contributed by atoms with Crippen LogP contribution >= 0.6 is 0 Å². The summed E-state index contributed by atoms with van der Waals surface area (Å²) in [6.07, 6.45) is 6.45. The van der Waals surface area contributed by atoms with Crippen LogP contribution in [-0.2, 0) is 0 Å². The van der Waals surface area contributed by atoms with Crippen molar-refractivity contribution in [2.45, 2.75) is 65.3 Å². The first-order valence-electron chi connectivity index (χ1n) is 7.23. The molecule has 0 aliphatic heterocycles. The second-order valence-corrected chi connectivity index (χ2v) is 7.20. The largest absolute Gasteiger partial charge is 0.329 e. The zero-order chi connectivity index (χ0) is 13.1. The van der Waals surface area contributed by atoms with Gasteiger partial charge in [-0.1, -0.05) is 27.7 Å². The average Bonchev–Trinajstić information content (AvgIpc) is 2.26. The molecule has 1 aliphatic rings. The van der Waals surface area contributed by atoms with E-state index in [0.717, 1.165) is 12.5 Å². The van der Waals surface area contributed by atoms with Gasteiger partial charge in [0.2, 0.25) is 0 Å². The van der Waals surface area contributed by atoms with E-state index in [1.54, 1.807) is 0 Å². The van der Waals surface area contributed by atoms with Crippen LogP contribution in [0.4, 0.5) is 0 Å². The summed E-state index contributed by atoms with van der Waals surface area (Å²) in [7, 11) is 2.27. The normalized spacial score (nSPS) is 23.3. The third kappa shape index (κ3) is 3.96. The second-order valence-electron chi connectivity index (χ2n) is 7.20. The number of hydrogen-bond acceptors (Lipinski definition) is 2. The SMILES string of the molecule is CC(C)CCN(C)C1(CN)CCC(C)(C)CC1. The zero-order valence-corrected chi connectivity index (χ0v) is 12.6. The lowest BCUT2D eigenvalue weighted by Crippen LogP contribution is -2.55. The predicted molar refractivity (Wildman–Crippen MR) is 76.1 cm³/mol. The Kier molecular flexibility index (Phi) is 5.03. The van der Waals surface area contributed by atoms with Crippen LogP contribution in [0.15, 0.2) is 0 Å². The van der Waals surface area contributed by atoms with Crippen LogP contribution in [-0.4, -0.2) is 30.6 Å². The highest BCUT2D eigenvalue weighted by molar-refractivity contribution is 4.96. The van der Waals surface area contributed by atoms with Gasteiger partial charge < -0.3 is 5.73 Å². The Morgan fingerprint density at radius 2 is 1.65 bits per heavy atom. The van der Waals surface area contributed by atoms with E-state index < -0.39 is 0 Å². The van der Waals surface area contributed by atoms with Crippen LogP contribution in [0.3, 0.4) is 0 Å². The van der Waals surface area contributed by atoms with Crippen LogP contribution in [0, 0.1) is 11.3 Å². The fourth-order valence-corrected chi connectivity index (χ4v) is 2.82. The predicted octanol–water partition coefficient (Wildman–Crippen LogP) is 3.26. The van der Waals surface area contributed by atoms with Crippen molar-refractivity contribution in [3.05, 3.63) is 0 Å². The van der Waals surface area contributed by atoms with Gasteiger partial charge in [-0.05, 0) is 57.0 Å². The molecule has 1 fully saturated rings. The summed E-state index contributed by atoms with van der Waals surface area (Å²) in [5, 5.41) is 0. The van der Waals surface area contributed by atoms with Crippen molar-refractivity contribution in [1.82, 2.24) is 4.90 Å². The highest BCUT2D eigenvalue weighted by Crippen LogP contribution is 2.42. The topological polar surface area (TPSA) is 29.3 Å². The monoisotopic (exact) mass is 240 g/mol. The van der Waals surface area contributed by atoms with Crippen LogP contribution in [0.5, 0.6) is 0 Å². The van der Waals surface area contributed by atoms with E-state index in [4.69, 9.17) is 5.73 Å². The van der Waals surface area contributed by atoms with Gasteiger partial charge in [0.1, 0.15) is 0 Å². The van der Waals surface area contributed by atoms with Gasteiger partial charge in [0.25, 0.3) is 0 Å². The minimum Gasteiger partial charge on any atom is -0.329 e. The summed E-state index contributed by atoms with van der Waals surface area (Å²) in [6.45, 7) is 11.4.